The molecule has 2 saturated heterocycles. The lowest BCUT2D eigenvalue weighted by atomic mass is 9.90. The molecule has 0 aliphatic carbocycles. The van der Waals surface area contributed by atoms with Crippen LogP contribution in [-0.2, 0) is 20.9 Å². The molecule has 2 fully saturated rings. The standard InChI is InChI=1S/C25H27N3O3S.CO2/c1-2-30-21-8-9-22(23-26-12-15-32-23)19(16-21)17-27-13-10-25(11-14-27)18-28(24(29)31-25)20-6-4-3-5-7-20;2-1-3/h3-9,12,15-16H,2,10-11,13-14,17-18H2,1H3;. The van der Waals surface area contributed by atoms with Gasteiger partial charge in [-0.15, -0.1) is 11.3 Å². The van der Waals surface area contributed by atoms with Gasteiger partial charge in [0.25, 0.3) is 0 Å². The van der Waals surface area contributed by atoms with E-state index in [1.165, 1.54) is 5.56 Å². The quantitative estimate of drug-likeness (QED) is 0.495. The fourth-order valence-electron chi connectivity index (χ4n) is 4.57. The second kappa shape index (κ2) is 11.3. The molecule has 1 spiro atoms. The number of amides is 1. The number of thiazole rings is 1. The smallest absolute Gasteiger partial charge is 0.415 e. The van der Waals surface area contributed by atoms with Crippen molar-refractivity contribution in [3.05, 3.63) is 65.7 Å². The van der Waals surface area contributed by atoms with E-state index >= 15 is 0 Å². The molecule has 2 aliphatic rings. The van der Waals surface area contributed by atoms with E-state index in [2.05, 4.69) is 22.0 Å². The van der Waals surface area contributed by atoms with Crippen LogP contribution in [0.25, 0.3) is 10.6 Å². The van der Waals surface area contributed by atoms with Crippen molar-refractivity contribution in [2.24, 2.45) is 0 Å². The van der Waals surface area contributed by atoms with E-state index in [4.69, 9.17) is 19.1 Å². The molecule has 2 aliphatic heterocycles. The monoisotopic (exact) mass is 493 g/mol. The van der Waals surface area contributed by atoms with Gasteiger partial charge < -0.3 is 9.47 Å². The lowest BCUT2D eigenvalue weighted by Gasteiger charge is -2.37. The van der Waals surface area contributed by atoms with Gasteiger partial charge in [-0.2, -0.15) is 9.59 Å². The third kappa shape index (κ3) is 5.77. The number of carbonyl (C=O) groups is 1. The number of piperidine rings is 1. The van der Waals surface area contributed by atoms with Crippen LogP contribution >= 0.6 is 11.3 Å². The molecule has 3 heterocycles. The number of likely N-dealkylation sites (tertiary alicyclic amines) is 1. The molecule has 0 unspecified atom stereocenters. The van der Waals surface area contributed by atoms with Crippen molar-refractivity contribution in [3.8, 4) is 16.3 Å². The van der Waals surface area contributed by atoms with Crippen LogP contribution < -0.4 is 9.64 Å². The number of ether oxygens (including phenoxy) is 2. The Hall–Kier alpha value is -3.52. The number of benzene rings is 2. The molecule has 2 aromatic carbocycles. The Balaban J connectivity index is 0.000000917. The summed E-state index contributed by atoms with van der Waals surface area (Å²) in [5.41, 5.74) is 2.88. The molecule has 5 rings (SSSR count). The molecule has 0 radical (unpaired) electrons. The minimum Gasteiger partial charge on any atom is -0.494 e. The Morgan fingerprint density at radius 1 is 1.14 bits per heavy atom. The minimum absolute atomic E-state index is 0.236. The van der Waals surface area contributed by atoms with Crippen molar-refractivity contribution in [3.63, 3.8) is 0 Å². The summed E-state index contributed by atoms with van der Waals surface area (Å²) in [5.74, 6) is 0.888. The van der Waals surface area contributed by atoms with Gasteiger partial charge >= 0.3 is 12.2 Å². The van der Waals surface area contributed by atoms with E-state index in [1.54, 1.807) is 16.2 Å². The van der Waals surface area contributed by atoms with Crippen molar-refractivity contribution >= 4 is 29.3 Å². The first-order valence-corrected chi connectivity index (χ1v) is 12.4. The first-order valence-electron chi connectivity index (χ1n) is 11.5. The maximum atomic E-state index is 12.6. The van der Waals surface area contributed by atoms with E-state index in [0.717, 1.165) is 54.5 Å². The van der Waals surface area contributed by atoms with Crippen LogP contribution in [0.2, 0.25) is 0 Å². The van der Waals surface area contributed by atoms with Crippen LogP contribution in [-0.4, -0.2) is 54.0 Å². The maximum Gasteiger partial charge on any atom is 0.415 e. The van der Waals surface area contributed by atoms with Gasteiger partial charge in [0.2, 0.25) is 0 Å². The maximum absolute atomic E-state index is 12.6. The summed E-state index contributed by atoms with van der Waals surface area (Å²) in [5, 5.41) is 3.03. The molecule has 0 saturated carbocycles. The zero-order chi connectivity index (χ0) is 24.7. The van der Waals surface area contributed by atoms with Crippen LogP contribution in [0.4, 0.5) is 10.5 Å². The van der Waals surface area contributed by atoms with Gasteiger partial charge in [-0.25, -0.2) is 9.78 Å². The lowest BCUT2D eigenvalue weighted by Crippen LogP contribution is -2.46. The molecule has 0 bridgehead atoms. The fourth-order valence-corrected chi connectivity index (χ4v) is 5.27. The summed E-state index contributed by atoms with van der Waals surface area (Å²) in [7, 11) is 0. The number of anilines is 1. The molecule has 1 aromatic heterocycles. The van der Waals surface area contributed by atoms with E-state index < -0.39 is 5.60 Å². The molecule has 9 heteroatoms. The van der Waals surface area contributed by atoms with Crippen LogP contribution in [0.15, 0.2) is 60.1 Å². The van der Waals surface area contributed by atoms with Gasteiger partial charge in [0.15, 0.2) is 0 Å². The number of carbonyl (C=O) groups excluding carboxylic acids is 3. The highest BCUT2D eigenvalue weighted by Crippen LogP contribution is 2.37. The predicted molar refractivity (Wildman–Crippen MR) is 131 cm³/mol. The summed E-state index contributed by atoms with van der Waals surface area (Å²) in [6.45, 7) is 5.85. The summed E-state index contributed by atoms with van der Waals surface area (Å²) in [6.07, 6.45) is 3.53. The molecule has 0 atom stereocenters. The van der Waals surface area contributed by atoms with Crippen LogP contribution in [0, 0.1) is 0 Å². The van der Waals surface area contributed by atoms with Gasteiger partial charge in [-0.1, -0.05) is 18.2 Å². The Kier molecular flexibility index (Phi) is 7.92. The summed E-state index contributed by atoms with van der Waals surface area (Å²) in [6, 6.07) is 16.0. The van der Waals surface area contributed by atoms with Crippen molar-refractivity contribution in [1.29, 1.82) is 0 Å². The average molecular weight is 494 g/mol. The van der Waals surface area contributed by atoms with Crippen LogP contribution in [0.1, 0.15) is 25.3 Å². The molecule has 35 heavy (non-hydrogen) atoms. The van der Waals surface area contributed by atoms with Crippen molar-refractivity contribution < 1.29 is 23.9 Å². The second-order valence-electron chi connectivity index (χ2n) is 8.42. The van der Waals surface area contributed by atoms with E-state index in [9.17, 15) is 4.79 Å². The molecular formula is C26H27N3O5S. The van der Waals surface area contributed by atoms with Crippen molar-refractivity contribution in [1.82, 2.24) is 9.88 Å². The highest BCUT2D eigenvalue weighted by atomic mass is 32.1. The number of rotatable bonds is 6. The Morgan fingerprint density at radius 2 is 1.89 bits per heavy atom. The normalized spacial score (nSPS) is 16.8. The topological polar surface area (TPSA) is 89.0 Å². The third-order valence-corrected chi connectivity index (χ3v) is 7.06. The van der Waals surface area contributed by atoms with Crippen LogP contribution in [0.3, 0.4) is 0 Å². The number of hydrogen-bond donors (Lipinski definition) is 0. The van der Waals surface area contributed by atoms with Gasteiger partial charge in [0, 0.05) is 55.3 Å². The fraction of sp³-hybridized carbons (Fsp3) is 0.346. The van der Waals surface area contributed by atoms with Gasteiger partial charge in [0.05, 0.1) is 13.2 Å². The van der Waals surface area contributed by atoms with E-state index in [-0.39, 0.29) is 12.2 Å². The van der Waals surface area contributed by atoms with Gasteiger partial charge in [-0.05, 0) is 42.8 Å². The molecule has 182 valence electrons. The largest absolute Gasteiger partial charge is 0.494 e. The summed E-state index contributed by atoms with van der Waals surface area (Å²) >= 11 is 1.65. The van der Waals surface area contributed by atoms with E-state index in [0.29, 0.717) is 13.2 Å². The number of nitrogens with zero attached hydrogens (tertiary/aromatic N) is 3. The van der Waals surface area contributed by atoms with Crippen molar-refractivity contribution in [2.45, 2.75) is 31.9 Å². The zero-order valence-electron chi connectivity index (χ0n) is 19.5. The molecular weight excluding hydrogens is 466 g/mol. The SMILES string of the molecule is CCOc1ccc(-c2nccs2)c(CN2CCC3(CC2)CN(c2ccccc2)C(=O)O3)c1.O=C=O. The number of para-hydroxylation sites is 1. The van der Waals surface area contributed by atoms with Gasteiger partial charge in [-0.3, -0.25) is 9.80 Å². The Labute approximate surface area is 208 Å². The first kappa shape index (κ1) is 24.6. The lowest BCUT2D eigenvalue weighted by molar-refractivity contribution is -0.191. The average Bonchev–Trinajstić information content (AvgIpc) is 3.51. The number of hydrogen-bond acceptors (Lipinski definition) is 8. The number of aromatic nitrogens is 1. The summed E-state index contributed by atoms with van der Waals surface area (Å²) in [4.78, 5) is 37.5. The van der Waals surface area contributed by atoms with Crippen LogP contribution in [0.5, 0.6) is 5.75 Å². The Bertz CT molecular complexity index is 1150. The zero-order valence-corrected chi connectivity index (χ0v) is 20.3. The molecule has 8 nitrogen and oxygen atoms in total. The Morgan fingerprint density at radius 3 is 2.54 bits per heavy atom. The predicted octanol–water partition coefficient (Wildman–Crippen LogP) is 4.62. The molecule has 3 aromatic rings. The van der Waals surface area contributed by atoms with Gasteiger partial charge in [0.1, 0.15) is 16.4 Å². The molecule has 0 N–H and O–H groups in total. The highest BCUT2D eigenvalue weighted by Gasteiger charge is 2.47. The van der Waals surface area contributed by atoms with Crippen molar-refractivity contribution in [2.75, 3.05) is 31.1 Å². The molecule has 1 amide bonds. The minimum atomic E-state index is -0.394. The van der Waals surface area contributed by atoms with E-state index in [1.807, 2.05) is 54.9 Å². The second-order valence-corrected chi connectivity index (χ2v) is 9.32. The first-order chi connectivity index (χ1) is 17.1. The highest BCUT2D eigenvalue weighted by molar-refractivity contribution is 7.13. The summed E-state index contributed by atoms with van der Waals surface area (Å²) < 4.78 is 11.7. The third-order valence-electron chi connectivity index (χ3n) is 6.25.